The van der Waals surface area contributed by atoms with Crippen LogP contribution in [-0.4, -0.2) is 28.1 Å². The number of hydrogen-bond acceptors (Lipinski definition) is 4. The Hall–Kier alpha value is -0.967. The van der Waals surface area contributed by atoms with Crippen molar-refractivity contribution in [2.24, 2.45) is 0 Å². The third kappa shape index (κ3) is 964. The fourth-order valence-electron chi connectivity index (χ4n) is 0. The molecule has 0 amide bonds. The first-order valence-corrected chi connectivity index (χ1v) is 2.76. The summed E-state index contributed by atoms with van der Waals surface area (Å²) in [7, 11) is 0. The van der Waals surface area contributed by atoms with Gasteiger partial charge in [0.05, 0.1) is 0 Å². The van der Waals surface area contributed by atoms with Crippen molar-refractivity contribution in [3.05, 3.63) is 0 Å². The molecule has 0 saturated carbocycles. The number of carbonyl (C=O) groups is 3. The van der Waals surface area contributed by atoms with E-state index in [0.29, 0.717) is 0 Å². The first kappa shape index (κ1) is 22.7. The molecule has 0 aromatic heterocycles. The topological polar surface area (TPSA) is 115 Å². The second-order valence-corrected chi connectivity index (χ2v) is 1.53. The number of carbonyl (C=O) groups excluding carboxylic acids is 1. The summed E-state index contributed by atoms with van der Waals surface area (Å²) in [5, 5.41) is 23.7. The van der Waals surface area contributed by atoms with Crippen molar-refractivity contribution < 1.29 is 49.2 Å². The molecule has 0 aromatic carbocycles. The van der Waals surface area contributed by atoms with E-state index in [4.69, 9.17) is 29.7 Å². The van der Waals surface area contributed by atoms with Crippen molar-refractivity contribution in [2.45, 2.75) is 20.8 Å². The van der Waals surface area contributed by atoms with Crippen LogP contribution >= 0.6 is 0 Å². The summed E-state index contributed by atoms with van der Waals surface area (Å²) in [6, 6.07) is 0. The van der Waals surface area contributed by atoms with Crippen molar-refractivity contribution in [2.75, 3.05) is 0 Å². The third-order valence-electron chi connectivity index (χ3n) is 0. The van der Waals surface area contributed by atoms with Gasteiger partial charge in [0, 0.05) is 39.3 Å². The fourth-order valence-corrected chi connectivity index (χ4v) is 0. The average molecular weight is 245 g/mol. The normalized spacial score (nSPS) is 5.77. The van der Waals surface area contributed by atoms with E-state index in [1.54, 1.807) is 0 Å². The number of carboxylic acids is 3. The Balaban J connectivity index is -0.0000000450. The first-order valence-electron chi connectivity index (χ1n) is 2.76. The Morgan fingerprint density at radius 3 is 0.923 bits per heavy atom. The van der Waals surface area contributed by atoms with Gasteiger partial charge in [-0.1, -0.05) is 0 Å². The zero-order valence-corrected chi connectivity index (χ0v) is 10.7. The molecule has 0 atom stereocenters. The van der Waals surface area contributed by atoms with Gasteiger partial charge in [0.25, 0.3) is 11.9 Å². The van der Waals surface area contributed by atoms with Gasteiger partial charge in [-0.25, -0.2) is 0 Å². The maximum atomic E-state index is 9.00. The molecule has 0 aromatic rings. The van der Waals surface area contributed by atoms with Crippen LogP contribution in [0.25, 0.3) is 0 Å². The third-order valence-corrected chi connectivity index (χ3v) is 0. The maximum Gasteiger partial charge on any atom is 0.300 e. The number of aliphatic carboxylic acids is 3. The molecule has 0 bridgehead atoms. The smallest absolute Gasteiger partial charge is 0.300 e. The summed E-state index contributed by atoms with van der Waals surface area (Å²) in [6.45, 7) is 3.14. The molecule has 0 saturated heterocycles. The monoisotopic (exact) mass is 243 g/mol. The van der Waals surface area contributed by atoms with Gasteiger partial charge < -0.3 is 20.1 Å². The molecule has 6 nitrogen and oxygen atoms in total. The Morgan fingerprint density at radius 1 is 0.923 bits per heavy atom. The van der Waals surface area contributed by atoms with E-state index in [1.807, 2.05) is 0 Å². The van der Waals surface area contributed by atoms with Crippen molar-refractivity contribution in [1.82, 2.24) is 0 Å². The molecule has 2 N–H and O–H groups in total. The first-order chi connectivity index (χ1) is 5.20. The number of rotatable bonds is 0. The van der Waals surface area contributed by atoms with Crippen LogP contribution < -0.4 is 5.11 Å². The van der Waals surface area contributed by atoms with Crippen molar-refractivity contribution >= 4 is 17.9 Å². The summed E-state index contributed by atoms with van der Waals surface area (Å²) in [5.74, 6) is -2.75. The van der Waals surface area contributed by atoms with Crippen molar-refractivity contribution in [1.29, 1.82) is 0 Å². The van der Waals surface area contributed by atoms with Gasteiger partial charge >= 0.3 is 0 Å². The van der Waals surface area contributed by atoms with Crippen LogP contribution in [0.5, 0.6) is 0 Å². The Kier molecular flexibility index (Phi) is 30.1. The van der Waals surface area contributed by atoms with Gasteiger partial charge in [0.15, 0.2) is 0 Å². The van der Waals surface area contributed by atoms with Crippen LogP contribution in [-0.2, 0) is 33.9 Å². The molecule has 0 heterocycles. The average Bonchev–Trinajstić information content (AvgIpc) is 1.54. The van der Waals surface area contributed by atoms with Gasteiger partial charge in [-0.05, 0) is 6.92 Å². The van der Waals surface area contributed by atoms with Gasteiger partial charge in [-0.15, -0.1) is 0 Å². The molecule has 0 aliphatic carbocycles. The second-order valence-electron chi connectivity index (χ2n) is 1.53. The van der Waals surface area contributed by atoms with Crippen LogP contribution in [0.2, 0.25) is 0 Å². The zero-order chi connectivity index (χ0) is 10.7. The Labute approximate surface area is 88.3 Å². The molecule has 7 heteroatoms. The minimum atomic E-state index is -1.08. The molecule has 0 fully saturated rings. The van der Waals surface area contributed by atoms with Crippen LogP contribution in [0.3, 0.4) is 0 Å². The summed E-state index contributed by atoms with van der Waals surface area (Å²) in [4.78, 5) is 26.9. The van der Waals surface area contributed by atoms with E-state index in [9.17, 15) is 0 Å². The summed E-state index contributed by atoms with van der Waals surface area (Å²) in [6.07, 6.45) is 0. The summed E-state index contributed by atoms with van der Waals surface area (Å²) < 4.78 is 0. The van der Waals surface area contributed by atoms with Crippen molar-refractivity contribution in [3.63, 3.8) is 0 Å². The fraction of sp³-hybridized carbons (Fsp3) is 0.500. The molecular formula is C6H11O6Zn-. The summed E-state index contributed by atoms with van der Waals surface area (Å²) in [5.41, 5.74) is 0. The van der Waals surface area contributed by atoms with Gasteiger partial charge in [0.2, 0.25) is 0 Å². The minimum Gasteiger partial charge on any atom is -0.550 e. The van der Waals surface area contributed by atoms with Gasteiger partial charge in [0.1, 0.15) is 0 Å². The standard InChI is InChI=1S/3C2H4O2.Zn/c3*1-2(3)4;/h3*1H3,(H,3,4);/p-1. The van der Waals surface area contributed by atoms with Gasteiger partial charge in [-0.3, -0.25) is 9.59 Å². The van der Waals surface area contributed by atoms with Crippen LogP contribution in [0.15, 0.2) is 0 Å². The van der Waals surface area contributed by atoms with E-state index >= 15 is 0 Å². The quantitative estimate of drug-likeness (QED) is 0.525. The van der Waals surface area contributed by atoms with Gasteiger partial charge in [-0.2, -0.15) is 0 Å². The Bertz CT molecular complexity index is 115. The minimum absolute atomic E-state index is 0. The number of hydrogen-bond donors (Lipinski definition) is 2. The van der Waals surface area contributed by atoms with E-state index in [2.05, 4.69) is 0 Å². The van der Waals surface area contributed by atoms with Crippen LogP contribution in [0.4, 0.5) is 0 Å². The number of carboxylic acid groups (broad SMARTS) is 3. The van der Waals surface area contributed by atoms with E-state index in [0.717, 1.165) is 20.8 Å². The molecule has 0 radical (unpaired) electrons. The molecular weight excluding hydrogens is 233 g/mol. The molecule has 0 spiro atoms. The second kappa shape index (κ2) is 17.2. The largest absolute Gasteiger partial charge is 0.550 e. The molecule has 0 unspecified atom stereocenters. The van der Waals surface area contributed by atoms with E-state index in [1.165, 1.54) is 0 Å². The molecule has 74 valence electrons. The zero-order valence-electron chi connectivity index (χ0n) is 7.73. The molecule has 0 aliphatic heterocycles. The van der Waals surface area contributed by atoms with Crippen LogP contribution in [0, 0.1) is 0 Å². The summed E-state index contributed by atoms with van der Waals surface area (Å²) >= 11 is 0. The molecule has 0 aliphatic rings. The SMILES string of the molecule is CC(=O)O.CC(=O)O.CC(=O)[O-].[Zn]. The van der Waals surface area contributed by atoms with Crippen molar-refractivity contribution in [3.8, 4) is 0 Å². The molecule has 13 heavy (non-hydrogen) atoms. The van der Waals surface area contributed by atoms with Crippen LogP contribution in [0.1, 0.15) is 20.8 Å². The molecule has 0 rings (SSSR count). The maximum absolute atomic E-state index is 9.00. The van der Waals surface area contributed by atoms with E-state index < -0.39 is 17.9 Å². The Morgan fingerprint density at radius 2 is 0.923 bits per heavy atom. The predicted octanol–water partition coefficient (Wildman–Crippen LogP) is -1.06. The predicted molar refractivity (Wildman–Crippen MR) is 37.3 cm³/mol. The van der Waals surface area contributed by atoms with E-state index in [-0.39, 0.29) is 19.5 Å².